The first-order valence-corrected chi connectivity index (χ1v) is 7.29. The second-order valence-electron chi connectivity index (χ2n) is 6.51. The Morgan fingerprint density at radius 2 is 1.94 bits per heavy atom. The van der Waals surface area contributed by atoms with Gasteiger partial charge in [-0.05, 0) is 58.3 Å². The molecule has 0 saturated heterocycles. The normalized spacial score (nSPS) is 23.4. The minimum absolute atomic E-state index is 0.0406. The van der Waals surface area contributed by atoms with Crippen LogP contribution >= 0.6 is 0 Å². The molecule has 1 saturated carbocycles. The zero-order chi connectivity index (χ0) is 13.8. The number of carbonyl (C=O) groups excluding carboxylic acids is 1. The van der Waals surface area contributed by atoms with Crippen molar-refractivity contribution in [1.29, 1.82) is 0 Å². The Hall–Kier alpha value is -0.790. The molecule has 1 fully saturated rings. The topological polar surface area (TPSA) is 20.3 Å². The van der Waals surface area contributed by atoms with Crippen LogP contribution in [-0.2, 0) is 4.79 Å². The summed E-state index contributed by atoms with van der Waals surface area (Å²) in [5.41, 5.74) is -0.0406. The van der Waals surface area contributed by atoms with Gasteiger partial charge in [0.2, 0.25) is 5.91 Å². The van der Waals surface area contributed by atoms with Crippen molar-refractivity contribution in [3.8, 4) is 0 Å². The van der Waals surface area contributed by atoms with Gasteiger partial charge >= 0.3 is 0 Å². The van der Waals surface area contributed by atoms with Crippen LogP contribution in [0.2, 0.25) is 0 Å². The molecule has 1 amide bonds. The van der Waals surface area contributed by atoms with Gasteiger partial charge in [0.15, 0.2) is 0 Å². The summed E-state index contributed by atoms with van der Waals surface area (Å²) in [6, 6.07) is 0. The molecule has 1 aliphatic rings. The van der Waals surface area contributed by atoms with E-state index in [9.17, 15) is 4.79 Å². The molecule has 0 spiro atoms. The first-order chi connectivity index (χ1) is 8.36. The Bertz CT molecular complexity index is 301. The van der Waals surface area contributed by atoms with Gasteiger partial charge in [-0.3, -0.25) is 4.79 Å². The highest BCUT2D eigenvalue weighted by molar-refractivity contribution is 5.74. The first kappa shape index (κ1) is 15.3. The molecule has 1 aliphatic carbocycles. The van der Waals surface area contributed by atoms with Crippen LogP contribution in [0.15, 0.2) is 12.2 Å². The number of rotatable bonds is 6. The SMILES string of the molecule is CC/C=C\CC[C@H]1C[C@H]1CN(C(C)=O)C(C)(C)C. The average Bonchev–Trinajstić information content (AvgIpc) is 2.98. The summed E-state index contributed by atoms with van der Waals surface area (Å²) in [4.78, 5) is 13.7. The number of hydrogen-bond acceptors (Lipinski definition) is 1. The van der Waals surface area contributed by atoms with E-state index in [1.54, 1.807) is 6.92 Å². The van der Waals surface area contributed by atoms with Gasteiger partial charge in [-0.25, -0.2) is 0 Å². The summed E-state index contributed by atoms with van der Waals surface area (Å²) in [5.74, 6) is 1.79. The number of nitrogens with zero attached hydrogens (tertiary/aromatic N) is 1. The van der Waals surface area contributed by atoms with Gasteiger partial charge in [-0.2, -0.15) is 0 Å². The highest BCUT2D eigenvalue weighted by Gasteiger charge is 2.39. The molecule has 2 heteroatoms. The third-order valence-electron chi connectivity index (χ3n) is 3.78. The fourth-order valence-corrected chi connectivity index (χ4v) is 2.59. The van der Waals surface area contributed by atoms with Crippen molar-refractivity contribution in [2.75, 3.05) is 6.54 Å². The zero-order valence-electron chi connectivity index (χ0n) is 12.7. The van der Waals surface area contributed by atoms with Crippen LogP contribution in [0.5, 0.6) is 0 Å². The van der Waals surface area contributed by atoms with Crippen molar-refractivity contribution in [2.24, 2.45) is 11.8 Å². The Kier molecular flexibility index (Phi) is 5.43. The lowest BCUT2D eigenvalue weighted by molar-refractivity contribution is -0.133. The molecule has 104 valence electrons. The Morgan fingerprint density at radius 3 is 2.44 bits per heavy atom. The molecule has 18 heavy (non-hydrogen) atoms. The molecule has 0 unspecified atom stereocenters. The van der Waals surface area contributed by atoms with Crippen molar-refractivity contribution in [3.63, 3.8) is 0 Å². The summed E-state index contributed by atoms with van der Waals surface area (Å²) in [5, 5.41) is 0. The van der Waals surface area contributed by atoms with Crippen molar-refractivity contribution < 1.29 is 4.79 Å². The predicted octanol–water partition coefficient (Wildman–Crippen LogP) is 4.02. The minimum atomic E-state index is -0.0406. The van der Waals surface area contributed by atoms with Crippen molar-refractivity contribution in [1.82, 2.24) is 4.90 Å². The quantitative estimate of drug-likeness (QED) is 0.653. The van der Waals surface area contributed by atoms with Gasteiger partial charge in [0, 0.05) is 19.0 Å². The maximum Gasteiger partial charge on any atom is 0.219 e. The van der Waals surface area contributed by atoms with E-state index in [1.165, 1.54) is 19.3 Å². The Labute approximate surface area is 112 Å². The summed E-state index contributed by atoms with van der Waals surface area (Å²) in [6.07, 6.45) is 9.47. The fourth-order valence-electron chi connectivity index (χ4n) is 2.59. The predicted molar refractivity (Wildman–Crippen MR) is 77.4 cm³/mol. The van der Waals surface area contributed by atoms with Gasteiger partial charge in [-0.15, -0.1) is 0 Å². The lowest BCUT2D eigenvalue weighted by Gasteiger charge is -2.35. The summed E-state index contributed by atoms with van der Waals surface area (Å²) >= 11 is 0. The smallest absolute Gasteiger partial charge is 0.219 e. The summed E-state index contributed by atoms with van der Waals surface area (Å²) in [6.45, 7) is 11.2. The largest absolute Gasteiger partial charge is 0.338 e. The molecule has 0 bridgehead atoms. The van der Waals surface area contributed by atoms with E-state index in [1.807, 2.05) is 4.90 Å². The van der Waals surface area contributed by atoms with Gasteiger partial charge < -0.3 is 4.90 Å². The number of amides is 1. The van der Waals surface area contributed by atoms with Crippen LogP contribution in [0.3, 0.4) is 0 Å². The second kappa shape index (κ2) is 6.40. The van der Waals surface area contributed by atoms with E-state index in [4.69, 9.17) is 0 Å². The van der Waals surface area contributed by atoms with Gasteiger partial charge in [-0.1, -0.05) is 19.1 Å². The molecule has 0 heterocycles. The van der Waals surface area contributed by atoms with E-state index in [0.717, 1.165) is 24.8 Å². The molecule has 0 aromatic carbocycles. The molecular formula is C16H29NO. The van der Waals surface area contributed by atoms with Crippen molar-refractivity contribution in [2.45, 2.75) is 65.8 Å². The first-order valence-electron chi connectivity index (χ1n) is 7.29. The lowest BCUT2D eigenvalue weighted by Crippen LogP contribution is -2.45. The fraction of sp³-hybridized carbons (Fsp3) is 0.812. The molecule has 0 aliphatic heterocycles. The molecule has 2 nitrogen and oxygen atoms in total. The maximum atomic E-state index is 11.7. The van der Waals surface area contributed by atoms with Gasteiger partial charge in [0.05, 0.1) is 0 Å². The third-order valence-corrected chi connectivity index (χ3v) is 3.78. The van der Waals surface area contributed by atoms with E-state index in [2.05, 4.69) is 39.8 Å². The monoisotopic (exact) mass is 251 g/mol. The molecule has 2 atom stereocenters. The van der Waals surface area contributed by atoms with E-state index >= 15 is 0 Å². The number of carbonyl (C=O) groups is 1. The third kappa shape index (κ3) is 4.83. The molecule has 1 rings (SSSR count). The maximum absolute atomic E-state index is 11.7. The zero-order valence-corrected chi connectivity index (χ0v) is 12.7. The van der Waals surface area contributed by atoms with Crippen LogP contribution in [0.1, 0.15) is 60.3 Å². The van der Waals surface area contributed by atoms with E-state index < -0.39 is 0 Å². The van der Waals surface area contributed by atoms with Crippen molar-refractivity contribution >= 4 is 5.91 Å². The number of hydrogen-bond donors (Lipinski definition) is 0. The molecule has 0 aromatic rings. The van der Waals surface area contributed by atoms with E-state index in [-0.39, 0.29) is 11.4 Å². The van der Waals surface area contributed by atoms with Crippen LogP contribution in [0.25, 0.3) is 0 Å². The van der Waals surface area contributed by atoms with E-state index in [0.29, 0.717) is 0 Å². The average molecular weight is 251 g/mol. The van der Waals surface area contributed by atoms with Crippen LogP contribution < -0.4 is 0 Å². The number of allylic oxidation sites excluding steroid dienone is 2. The summed E-state index contributed by atoms with van der Waals surface area (Å²) < 4.78 is 0. The highest BCUT2D eigenvalue weighted by Crippen LogP contribution is 2.43. The standard InChI is InChI=1S/C16H29NO/c1-6-7-8-9-10-14-11-15(14)12-17(13(2)18)16(3,4)5/h7-8,14-15H,6,9-12H2,1-5H3/b8-7-/t14-,15-/m0/s1. The van der Waals surface area contributed by atoms with Gasteiger partial charge in [0.25, 0.3) is 0 Å². The second-order valence-corrected chi connectivity index (χ2v) is 6.51. The van der Waals surface area contributed by atoms with Crippen LogP contribution in [-0.4, -0.2) is 22.9 Å². The Morgan fingerprint density at radius 1 is 1.28 bits per heavy atom. The molecule has 0 N–H and O–H groups in total. The lowest BCUT2D eigenvalue weighted by atomic mass is 10.0. The molecule has 0 radical (unpaired) electrons. The molecular weight excluding hydrogens is 222 g/mol. The highest BCUT2D eigenvalue weighted by atomic mass is 16.2. The minimum Gasteiger partial charge on any atom is -0.338 e. The summed E-state index contributed by atoms with van der Waals surface area (Å²) in [7, 11) is 0. The van der Waals surface area contributed by atoms with Crippen LogP contribution in [0.4, 0.5) is 0 Å². The van der Waals surface area contributed by atoms with Crippen LogP contribution in [0, 0.1) is 11.8 Å². The molecule has 0 aromatic heterocycles. The Balaban J connectivity index is 2.32. The van der Waals surface area contributed by atoms with Gasteiger partial charge in [0.1, 0.15) is 0 Å². The van der Waals surface area contributed by atoms with Crippen molar-refractivity contribution in [3.05, 3.63) is 12.2 Å².